The van der Waals surface area contributed by atoms with Gasteiger partial charge in [0.2, 0.25) is 0 Å². The van der Waals surface area contributed by atoms with E-state index in [-0.39, 0.29) is 5.91 Å². The van der Waals surface area contributed by atoms with Gasteiger partial charge in [-0.05, 0) is 31.5 Å². The topological polar surface area (TPSA) is 55.4 Å². The number of halogens is 1. The Hall–Kier alpha value is -1.55. The van der Waals surface area contributed by atoms with Crippen molar-refractivity contribution in [1.29, 1.82) is 0 Å². The van der Waals surface area contributed by atoms with Crippen molar-refractivity contribution in [2.24, 2.45) is 0 Å². The van der Waals surface area contributed by atoms with Crippen LogP contribution in [0.25, 0.3) is 0 Å². The number of carbonyl (C=O) groups excluding carboxylic acids is 2. The summed E-state index contributed by atoms with van der Waals surface area (Å²) in [5, 5.41) is 3.23. The standard InChI is InChI=1S/C12H14ClNO3/c1-7-10(13)5-4-6-11(7)14-12(16)8(2)17-9(3)15/h4-6,8H,1-3H3,(H,14,16)/t8-/m0/s1. The Kier molecular flexibility index (Phi) is 4.52. The molecule has 4 nitrogen and oxygen atoms in total. The molecule has 1 aromatic carbocycles. The largest absolute Gasteiger partial charge is 0.453 e. The summed E-state index contributed by atoms with van der Waals surface area (Å²) in [6, 6.07) is 5.21. The predicted molar refractivity (Wildman–Crippen MR) is 66.0 cm³/mol. The minimum absolute atomic E-state index is 0.384. The van der Waals surface area contributed by atoms with E-state index in [4.69, 9.17) is 16.3 Å². The zero-order valence-electron chi connectivity index (χ0n) is 9.91. The number of benzene rings is 1. The molecule has 1 aromatic rings. The second-order valence-electron chi connectivity index (χ2n) is 3.65. The number of nitrogens with one attached hydrogen (secondary N) is 1. The Bertz CT molecular complexity index is 445. The van der Waals surface area contributed by atoms with Gasteiger partial charge in [0.25, 0.3) is 5.91 Å². The summed E-state index contributed by atoms with van der Waals surface area (Å²) in [4.78, 5) is 22.4. The van der Waals surface area contributed by atoms with Gasteiger partial charge in [-0.25, -0.2) is 0 Å². The summed E-state index contributed by atoms with van der Waals surface area (Å²) in [5.74, 6) is -0.874. The number of carbonyl (C=O) groups is 2. The quantitative estimate of drug-likeness (QED) is 0.845. The maximum Gasteiger partial charge on any atom is 0.303 e. The first-order valence-corrected chi connectivity index (χ1v) is 5.53. The summed E-state index contributed by atoms with van der Waals surface area (Å²) in [7, 11) is 0. The van der Waals surface area contributed by atoms with Gasteiger partial charge in [0, 0.05) is 17.6 Å². The molecule has 0 spiro atoms. The Balaban J connectivity index is 2.74. The number of amides is 1. The highest BCUT2D eigenvalue weighted by Gasteiger charge is 2.16. The van der Waals surface area contributed by atoms with Crippen molar-refractivity contribution in [3.63, 3.8) is 0 Å². The number of hydrogen-bond acceptors (Lipinski definition) is 3. The minimum atomic E-state index is -0.828. The van der Waals surface area contributed by atoms with Crippen LogP contribution in [0.1, 0.15) is 19.4 Å². The fourth-order valence-corrected chi connectivity index (χ4v) is 1.45. The third-order valence-electron chi connectivity index (χ3n) is 2.24. The summed E-state index contributed by atoms with van der Waals surface area (Å²) >= 11 is 5.92. The van der Waals surface area contributed by atoms with E-state index in [1.807, 2.05) is 0 Å². The fraction of sp³-hybridized carbons (Fsp3) is 0.333. The number of rotatable bonds is 3. The molecule has 0 saturated carbocycles. The van der Waals surface area contributed by atoms with Crippen molar-refractivity contribution in [2.45, 2.75) is 26.9 Å². The maximum atomic E-state index is 11.7. The lowest BCUT2D eigenvalue weighted by Gasteiger charge is -2.14. The first-order chi connectivity index (χ1) is 7.91. The Morgan fingerprint density at radius 2 is 2.06 bits per heavy atom. The van der Waals surface area contributed by atoms with E-state index in [9.17, 15) is 9.59 Å². The number of anilines is 1. The molecule has 0 heterocycles. The van der Waals surface area contributed by atoms with Gasteiger partial charge in [0.05, 0.1) is 0 Å². The van der Waals surface area contributed by atoms with Crippen LogP contribution in [0.4, 0.5) is 5.69 Å². The summed E-state index contributed by atoms with van der Waals surface area (Å²) in [5.41, 5.74) is 1.39. The predicted octanol–water partition coefficient (Wildman–Crippen LogP) is 2.54. The molecule has 0 aliphatic carbocycles. The molecule has 0 fully saturated rings. The summed E-state index contributed by atoms with van der Waals surface area (Å²) in [6.07, 6.45) is -0.828. The molecule has 0 bridgehead atoms. The molecular weight excluding hydrogens is 242 g/mol. The minimum Gasteiger partial charge on any atom is -0.453 e. The smallest absolute Gasteiger partial charge is 0.303 e. The molecule has 0 aromatic heterocycles. The molecule has 0 saturated heterocycles. The molecule has 0 unspecified atom stereocenters. The van der Waals surface area contributed by atoms with Crippen LogP contribution in [0, 0.1) is 6.92 Å². The zero-order valence-corrected chi connectivity index (χ0v) is 10.7. The van der Waals surface area contributed by atoms with Gasteiger partial charge in [-0.1, -0.05) is 17.7 Å². The number of esters is 1. The lowest BCUT2D eigenvalue weighted by Crippen LogP contribution is -2.29. The highest BCUT2D eigenvalue weighted by atomic mass is 35.5. The first kappa shape index (κ1) is 13.5. The van der Waals surface area contributed by atoms with E-state index >= 15 is 0 Å². The van der Waals surface area contributed by atoms with Crippen LogP contribution in [0.5, 0.6) is 0 Å². The van der Waals surface area contributed by atoms with Crippen LogP contribution in [-0.4, -0.2) is 18.0 Å². The SMILES string of the molecule is CC(=O)O[C@@H](C)C(=O)Nc1cccc(Cl)c1C. The molecule has 0 radical (unpaired) electrons. The van der Waals surface area contributed by atoms with Gasteiger partial charge in [0.15, 0.2) is 6.10 Å². The van der Waals surface area contributed by atoms with Gasteiger partial charge in [-0.15, -0.1) is 0 Å². The van der Waals surface area contributed by atoms with E-state index in [1.165, 1.54) is 13.8 Å². The van der Waals surface area contributed by atoms with Crippen molar-refractivity contribution in [1.82, 2.24) is 0 Å². The molecule has 0 aliphatic heterocycles. The molecule has 1 atom stereocenters. The van der Waals surface area contributed by atoms with Gasteiger partial charge < -0.3 is 10.1 Å². The average molecular weight is 256 g/mol. The molecule has 1 N–H and O–H groups in total. The average Bonchev–Trinajstić information content (AvgIpc) is 2.23. The van der Waals surface area contributed by atoms with Crippen LogP contribution in [0.3, 0.4) is 0 Å². The van der Waals surface area contributed by atoms with Crippen LogP contribution in [0.2, 0.25) is 5.02 Å². The van der Waals surface area contributed by atoms with Crippen molar-refractivity contribution in [3.8, 4) is 0 Å². The maximum absolute atomic E-state index is 11.7. The normalized spacial score (nSPS) is 11.8. The second-order valence-corrected chi connectivity index (χ2v) is 4.06. The lowest BCUT2D eigenvalue weighted by molar-refractivity contribution is -0.150. The van der Waals surface area contributed by atoms with Crippen LogP contribution >= 0.6 is 11.6 Å². The molecule has 1 amide bonds. The summed E-state index contributed by atoms with van der Waals surface area (Å²) < 4.78 is 4.77. The van der Waals surface area contributed by atoms with Gasteiger partial charge in [-0.3, -0.25) is 9.59 Å². The Labute approximate surface area is 105 Å². The molecule has 0 aliphatic rings. The van der Waals surface area contributed by atoms with E-state index in [2.05, 4.69) is 5.32 Å². The summed E-state index contributed by atoms with van der Waals surface area (Å²) in [6.45, 7) is 4.57. The number of hydrogen-bond donors (Lipinski definition) is 1. The van der Waals surface area contributed by atoms with Crippen LogP contribution in [0.15, 0.2) is 18.2 Å². The van der Waals surface area contributed by atoms with Crippen molar-refractivity contribution in [2.75, 3.05) is 5.32 Å². The highest BCUT2D eigenvalue weighted by molar-refractivity contribution is 6.31. The van der Waals surface area contributed by atoms with E-state index < -0.39 is 12.1 Å². The van der Waals surface area contributed by atoms with Crippen LogP contribution in [-0.2, 0) is 14.3 Å². The van der Waals surface area contributed by atoms with Gasteiger partial charge in [-0.2, -0.15) is 0 Å². The first-order valence-electron chi connectivity index (χ1n) is 5.15. The van der Waals surface area contributed by atoms with E-state index in [0.29, 0.717) is 10.7 Å². The molecule has 92 valence electrons. The lowest BCUT2D eigenvalue weighted by atomic mass is 10.2. The van der Waals surface area contributed by atoms with E-state index in [1.54, 1.807) is 25.1 Å². The third kappa shape index (κ3) is 3.75. The van der Waals surface area contributed by atoms with Crippen molar-refractivity contribution >= 4 is 29.2 Å². The Morgan fingerprint density at radius 3 is 2.65 bits per heavy atom. The molecular formula is C12H14ClNO3. The highest BCUT2D eigenvalue weighted by Crippen LogP contribution is 2.23. The van der Waals surface area contributed by atoms with Crippen molar-refractivity contribution < 1.29 is 14.3 Å². The Morgan fingerprint density at radius 1 is 1.41 bits per heavy atom. The molecule has 5 heteroatoms. The van der Waals surface area contributed by atoms with E-state index in [0.717, 1.165) is 5.56 Å². The second kappa shape index (κ2) is 5.68. The van der Waals surface area contributed by atoms with Gasteiger partial charge in [0.1, 0.15) is 0 Å². The fourth-order valence-electron chi connectivity index (χ4n) is 1.28. The zero-order chi connectivity index (χ0) is 13.0. The number of ether oxygens (including phenoxy) is 1. The van der Waals surface area contributed by atoms with Crippen LogP contribution < -0.4 is 5.32 Å². The molecule has 17 heavy (non-hydrogen) atoms. The van der Waals surface area contributed by atoms with Crippen molar-refractivity contribution in [3.05, 3.63) is 28.8 Å². The van der Waals surface area contributed by atoms with Gasteiger partial charge >= 0.3 is 5.97 Å². The third-order valence-corrected chi connectivity index (χ3v) is 2.65. The monoisotopic (exact) mass is 255 g/mol. The molecule has 1 rings (SSSR count).